The third-order valence-electron chi connectivity index (χ3n) is 9.90. The molecule has 0 aliphatic carbocycles. The highest BCUT2D eigenvalue weighted by molar-refractivity contribution is 5.93. The van der Waals surface area contributed by atoms with E-state index in [0.717, 1.165) is 65.7 Å². The fraction of sp³-hybridized carbons (Fsp3) is 0.304. The van der Waals surface area contributed by atoms with E-state index in [1.807, 2.05) is 54.6 Å². The van der Waals surface area contributed by atoms with Crippen LogP contribution in [0.1, 0.15) is 78.7 Å². The molecule has 286 valence electrons. The lowest BCUT2D eigenvalue weighted by molar-refractivity contribution is -0.252. The summed E-state index contributed by atoms with van der Waals surface area (Å²) in [7, 11) is 2.12. The van der Waals surface area contributed by atoms with E-state index in [4.69, 9.17) is 15.2 Å². The Kier molecular flexibility index (Phi) is 14.2. The number of aliphatic hydroxyl groups excluding tert-OH is 1. The van der Waals surface area contributed by atoms with Gasteiger partial charge in [-0.1, -0.05) is 116 Å². The third-order valence-corrected chi connectivity index (χ3v) is 9.90. The fourth-order valence-electron chi connectivity index (χ4n) is 6.89. The minimum Gasteiger partial charge on any atom is -0.397 e. The van der Waals surface area contributed by atoms with Gasteiger partial charge < -0.3 is 30.9 Å². The lowest BCUT2D eigenvalue weighted by Gasteiger charge is -2.38. The van der Waals surface area contributed by atoms with Crippen LogP contribution >= 0.6 is 0 Å². The van der Waals surface area contributed by atoms with Crippen LogP contribution in [0.3, 0.4) is 0 Å². The van der Waals surface area contributed by atoms with Gasteiger partial charge in [0.25, 0.3) is 0 Å². The van der Waals surface area contributed by atoms with Gasteiger partial charge in [-0.3, -0.25) is 14.5 Å². The lowest BCUT2D eigenvalue weighted by atomic mass is 9.99. The highest BCUT2D eigenvalue weighted by Crippen LogP contribution is 2.38. The molecule has 2 amide bonds. The average molecular weight is 741 g/mol. The molecular weight excluding hydrogens is 689 g/mol. The number of ether oxygens (including phenoxy) is 2. The SMILES string of the molecule is CN(Cc1ccccc1)C[C@H]1C[C@@H](c2ccc(CO)cc2)O[C@@H](c2ccc(-c3cccc(CNC(=O)CCCCCC(=O)Nc4ccccc4N)c3)cc2)O1. The third kappa shape index (κ3) is 11.8. The monoisotopic (exact) mass is 740 g/mol. The van der Waals surface area contributed by atoms with E-state index in [1.165, 1.54) is 5.56 Å². The molecule has 1 fully saturated rings. The zero-order valence-electron chi connectivity index (χ0n) is 31.5. The van der Waals surface area contributed by atoms with Crippen molar-refractivity contribution in [3.05, 3.63) is 155 Å². The van der Waals surface area contributed by atoms with Gasteiger partial charge in [0.1, 0.15) is 0 Å². The van der Waals surface area contributed by atoms with Crippen LogP contribution in [0.5, 0.6) is 0 Å². The minimum absolute atomic E-state index is 0.00374. The summed E-state index contributed by atoms with van der Waals surface area (Å²) in [6, 6.07) is 42.1. The van der Waals surface area contributed by atoms with Crippen molar-refractivity contribution in [3.8, 4) is 11.1 Å². The van der Waals surface area contributed by atoms with Gasteiger partial charge in [0.15, 0.2) is 6.29 Å². The molecular formula is C46H52N4O5. The van der Waals surface area contributed by atoms with Crippen molar-refractivity contribution in [3.63, 3.8) is 0 Å². The van der Waals surface area contributed by atoms with Crippen LogP contribution in [0.15, 0.2) is 127 Å². The fourth-order valence-corrected chi connectivity index (χ4v) is 6.89. The van der Waals surface area contributed by atoms with E-state index >= 15 is 0 Å². The number of unbranched alkanes of at least 4 members (excludes halogenated alkanes) is 2. The summed E-state index contributed by atoms with van der Waals surface area (Å²) in [5.74, 6) is -0.0782. The van der Waals surface area contributed by atoms with Crippen molar-refractivity contribution in [1.29, 1.82) is 0 Å². The van der Waals surface area contributed by atoms with Crippen LogP contribution in [0.25, 0.3) is 11.1 Å². The maximum absolute atomic E-state index is 12.6. The number of nitrogens with zero attached hydrogens (tertiary/aromatic N) is 1. The summed E-state index contributed by atoms with van der Waals surface area (Å²) < 4.78 is 13.2. The maximum atomic E-state index is 12.6. The molecule has 0 aromatic heterocycles. The van der Waals surface area contributed by atoms with Crippen molar-refractivity contribution in [2.45, 2.75) is 76.7 Å². The van der Waals surface area contributed by atoms with E-state index in [1.54, 1.807) is 12.1 Å². The van der Waals surface area contributed by atoms with E-state index in [-0.39, 0.29) is 30.6 Å². The van der Waals surface area contributed by atoms with Gasteiger partial charge in [0.2, 0.25) is 11.8 Å². The van der Waals surface area contributed by atoms with Crippen LogP contribution < -0.4 is 16.4 Å². The van der Waals surface area contributed by atoms with Crippen molar-refractivity contribution in [1.82, 2.24) is 10.2 Å². The Morgan fingerprint density at radius 2 is 1.42 bits per heavy atom. The Morgan fingerprint density at radius 3 is 2.16 bits per heavy atom. The van der Waals surface area contributed by atoms with Gasteiger partial charge in [0.05, 0.1) is 30.2 Å². The standard InChI is InChI=1S/C46H52N4O5/c1-50(30-33-11-4-2-5-12-33)31-40-28-43(37-21-19-34(32-51)20-22-37)55-46(54-40)38-25-23-36(24-26-38)39-14-10-13-35(27-39)29-48-44(52)17-6-3-7-18-45(53)49-42-16-9-8-15-41(42)47/h2,4-5,8-16,19-27,40,43,46,51H,3,6-7,17-18,28-32,47H2,1H3,(H,48,52)(H,49,53)/t40-,43+,46+/m1/s1. The first-order valence-corrected chi connectivity index (χ1v) is 19.2. The topological polar surface area (TPSA) is 126 Å². The molecule has 9 heteroatoms. The number of nitrogen functional groups attached to an aromatic ring is 1. The largest absolute Gasteiger partial charge is 0.397 e. The number of rotatable bonds is 17. The molecule has 1 aliphatic rings. The second-order valence-electron chi connectivity index (χ2n) is 14.3. The van der Waals surface area contributed by atoms with Gasteiger partial charge >= 0.3 is 0 Å². The molecule has 9 nitrogen and oxygen atoms in total. The Balaban J connectivity index is 1.00. The number of nitrogens with two attached hydrogens (primary N) is 1. The molecule has 1 aliphatic heterocycles. The number of carbonyl (C=O) groups is 2. The summed E-state index contributed by atoms with van der Waals surface area (Å²) >= 11 is 0. The number of carbonyl (C=O) groups excluding carboxylic acids is 2. The van der Waals surface area contributed by atoms with Crippen molar-refractivity contribution >= 4 is 23.2 Å². The maximum Gasteiger partial charge on any atom is 0.224 e. The van der Waals surface area contributed by atoms with E-state index < -0.39 is 6.29 Å². The molecule has 55 heavy (non-hydrogen) atoms. The van der Waals surface area contributed by atoms with Crippen LogP contribution in [0.2, 0.25) is 0 Å². The highest BCUT2D eigenvalue weighted by Gasteiger charge is 2.33. The van der Waals surface area contributed by atoms with E-state index in [9.17, 15) is 14.7 Å². The molecule has 5 N–H and O–H groups in total. The number of anilines is 2. The Hall–Kier alpha value is -5.32. The predicted molar refractivity (Wildman–Crippen MR) is 217 cm³/mol. The molecule has 5 aromatic rings. The first-order valence-electron chi connectivity index (χ1n) is 19.2. The second-order valence-corrected chi connectivity index (χ2v) is 14.3. The molecule has 0 bridgehead atoms. The number of aliphatic hydroxyl groups is 1. The Morgan fingerprint density at radius 1 is 0.727 bits per heavy atom. The number of likely N-dealkylation sites (N-methyl/N-ethyl adjacent to an activating group) is 1. The van der Waals surface area contributed by atoms with Crippen LogP contribution in [-0.4, -0.2) is 41.5 Å². The number of hydrogen-bond donors (Lipinski definition) is 4. The van der Waals surface area contributed by atoms with Gasteiger partial charge in [0, 0.05) is 44.5 Å². The summed E-state index contributed by atoms with van der Waals surface area (Å²) in [5, 5.41) is 15.5. The van der Waals surface area contributed by atoms with Gasteiger partial charge in [-0.2, -0.15) is 0 Å². The zero-order valence-corrected chi connectivity index (χ0v) is 31.5. The first kappa shape index (κ1) is 39.4. The number of nitrogens with one attached hydrogen (secondary N) is 2. The van der Waals surface area contributed by atoms with Crippen molar-refractivity contribution < 1.29 is 24.2 Å². The second kappa shape index (κ2) is 19.8. The average Bonchev–Trinajstić information content (AvgIpc) is 3.21. The molecule has 0 spiro atoms. The number of amides is 2. The smallest absolute Gasteiger partial charge is 0.224 e. The Bertz CT molecular complexity index is 1970. The number of para-hydroxylation sites is 2. The lowest BCUT2D eigenvalue weighted by Crippen LogP contribution is -2.37. The van der Waals surface area contributed by atoms with Gasteiger partial charge in [-0.05, 0) is 71.5 Å². The quantitative estimate of drug-likeness (QED) is 0.0558. The highest BCUT2D eigenvalue weighted by atomic mass is 16.7. The van der Waals surface area contributed by atoms with E-state index in [0.29, 0.717) is 37.2 Å². The number of hydrogen-bond acceptors (Lipinski definition) is 7. The summed E-state index contributed by atoms with van der Waals surface area (Å²) in [4.78, 5) is 27.1. The van der Waals surface area contributed by atoms with Crippen molar-refractivity contribution in [2.24, 2.45) is 0 Å². The predicted octanol–water partition coefficient (Wildman–Crippen LogP) is 8.31. The van der Waals surface area contributed by atoms with Crippen LogP contribution in [0, 0.1) is 0 Å². The van der Waals surface area contributed by atoms with Gasteiger partial charge in [-0.25, -0.2) is 0 Å². The normalized spacial score (nSPS) is 16.8. The van der Waals surface area contributed by atoms with Gasteiger partial charge in [-0.15, -0.1) is 0 Å². The van der Waals surface area contributed by atoms with E-state index in [2.05, 4.69) is 83.2 Å². The first-order chi connectivity index (χ1) is 26.8. The molecule has 0 unspecified atom stereocenters. The molecule has 3 atom stereocenters. The molecule has 0 radical (unpaired) electrons. The molecule has 5 aromatic carbocycles. The minimum atomic E-state index is -0.534. The zero-order chi connectivity index (χ0) is 38.4. The van der Waals surface area contributed by atoms with Crippen molar-refractivity contribution in [2.75, 3.05) is 24.6 Å². The number of benzene rings is 5. The summed E-state index contributed by atoms with van der Waals surface area (Å²) in [6.07, 6.45) is 3.00. The van der Waals surface area contributed by atoms with Crippen LogP contribution in [-0.2, 0) is 38.8 Å². The Labute approximate surface area is 324 Å². The molecule has 1 saturated heterocycles. The molecule has 0 saturated carbocycles. The van der Waals surface area contributed by atoms with Crippen LogP contribution in [0.4, 0.5) is 11.4 Å². The summed E-state index contributed by atoms with van der Waals surface area (Å²) in [6.45, 7) is 2.03. The molecule has 1 heterocycles. The summed E-state index contributed by atoms with van der Waals surface area (Å²) in [5.41, 5.74) is 14.3. The molecule has 6 rings (SSSR count).